The van der Waals surface area contributed by atoms with Crippen LogP contribution in [-0.4, -0.2) is 35.1 Å². The van der Waals surface area contributed by atoms with Crippen molar-refractivity contribution < 1.29 is 9.53 Å². The number of anilines is 2. The predicted octanol–water partition coefficient (Wildman–Crippen LogP) is 2.57. The number of rotatable bonds is 6. The Hall–Kier alpha value is -1.85. The average Bonchev–Trinajstić information content (AvgIpc) is 2.38. The third-order valence-electron chi connectivity index (χ3n) is 2.76. The zero-order valence-corrected chi connectivity index (χ0v) is 13.8. The number of aromatic nitrogens is 2. The lowest BCUT2D eigenvalue weighted by Crippen LogP contribution is -2.29. The van der Waals surface area contributed by atoms with Gasteiger partial charge < -0.3 is 15.4 Å². The molecule has 2 N–H and O–H groups in total. The SMILES string of the molecule is CCNc1cc(NC(C)C(=O)OCC)nc(C(C)(C)C)n1. The van der Waals surface area contributed by atoms with Gasteiger partial charge in [-0.3, -0.25) is 0 Å². The van der Waals surface area contributed by atoms with Gasteiger partial charge in [0.2, 0.25) is 0 Å². The second kappa shape index (κ2) is 7.24. The van der Waals surface area contributed by atoms with E-state index in [1.807, 2.05) is 6.92 Å². The lowest BCUT2D eigenvalue weighted by molar-refractivity contribution is -0.143. The molecule has 118 valence electrons. The van der Waals surface area contributed by atoms with E-state index in [9.17, 15) is 4.79 Å². The molecule has 1 aromatic heterocycles. The highest BCUT2D eigenvalue weighted by atomic mass is 16.5. The number of carbonyl (C=O) groups excluding carboxylic acids is 1. The molecule has 0 spiro atoms. The fourth-order valence-corrected chi connectivity index (χ4v) is 1.68. The molecule has 21 heavy (non-hydrogen) atoms. The molecule has 1 rings (SSSR count). The first kappa shape index (κ1) is 17.2. The monoisotopic (exact) mass is 294 g/mol. The molecule has 0 aromatic carbocycles. The molecule has 6 nitrogen and oxygen atoms in total. The number of ether oxygens (including phenoxy) is 1. The average molecular weight is 294 g/mol. The summed E-state index contributed by atoms with van der Waals surface area (Å²) in [5.41, 5.74) is -0.172. The van der Waals surface area contributed by atoms with Crippen LogP contribution in [-0.2, 0) is 14.9 Å². The van der Waals surface area contributed by atoms with Crippen LogP contribution in [0.3, 0.4) is 0 Å². The minimum Gasteiger partial charge on any atom is -0.464 e. The number of hydrogen-bond donors (Lipinski definition) is 2. The summed E-state index contributed by atoms with van der Waals surface area (Å²) >= 11 is 0. The second-order valence-electron chi connectivity index (χ2n) is 5.86. The van der Waals surface area contributed by atoms with Gasteiger partial charge in [-0.1, -0.05) is 20.8 Å². The first-order valence-corrected chi connectivity index (χ1v) is 7.34. The lowest BCUT2D eigenvalue weighted by Gasteiger charge is -2.20. The van der Waals surface area contributed by atoms with Crippen molar-refractivity contribution in [2.24, 2.45) is 0 Å². The number of nitrogens with one attached hydrogen (secondary N) is 2. The van der Waals surface area contributed by atoms with Crippen LogP contribution < -0.4 is 10.6 Å². The predicted molar refractivity (Wildman–Crippen MR) is 84.6 cm³/mol. The Morgan fingerprint density at radius 2 is 1.90 bits per heavy atom. The van der Waals surface area contributed by atoms with Crippen LogP contribution in [0.4, 0.5) is 11.6 Å². The summed E-state index contributed by atoms with van der Waals surface area (Å²) in [6, 6.07) is 1.34. The van der Waals surface area contributed by atoms with Crippen molar-refractivity contribution in [3.63, 3.8) is 0 Å². The molecular weight excluding hydrogens is 268 g/mol. The van der Waals surface area contributed by atoms with Crippen LogP contribution in [0.5, 0.6) is 0 Å². The van der Waals surface area contributed by atoms with E-state index in [4.69, 9.17) is 4.74 Å². The maximum Gasteiger partial charge on any atom is 0.328 e. The summed E-state index contributed by atoms with van der Waals surface area (Å²) in [6.45, 7) is 12.8. The maximum atomic E-state index is 11.7. The van der Waals surface area contributed by atoms with Gasteiger partial charge in [-0.2, -0.15) is 0 Å². The largest absolute Gasteiger partial charge is 0.464 e. The number of esters is 1. The van der Waals surface area contributed by atoms with Crippen molar-refractivity contribution in [2.75, 3.05) is 23.8 Å². The number of nitrogens with zero attached hydrogens (tertiary/aromatic N) is 2. The minimum absolute atomic E-state index is 0.172. The summed E-state index contributed by atoms with van der Waals surface area (Å²) in [5, 5.41) is 6.25. The van der Waals surface area contributed by atoms with Gasteiger partial charge in [0.25, 0.3) is 0 Å². The molecule has 0 bridgehead atoms. The van der Waals surface area contributed by atoms with Gasteiger partial charge in [-0.05, 0) is 20.8 Å². The van der Waals surface area contributed by atoms with E-state index in [1.165, 1.54) is 0 Å². The summed E-state index contributed by atoms with van der Waals surface area (Å²) in [5.74, 6) is 1.79. The topological polar surface area (TPSA) is 76.1 Å². The molecule has 1 aromatic rings. The number of hydrogen-bond acceptors (Lipinski definition) is 6. The van der Waals surface area contributed by atoms with Crippen LogP contribution in [0.25, 0.3) is 0 Å². The van der Waals surface area contributed by atoms with Crippen molar-refractivity contribution in [3.05, 3.63) is 11.9 Å². The highest BCUT2D eigenvalue weighted by Crippen LogP contribution is 2.22. The first-order valence-electron chi connectivity index (χ1n) is 7.34. The molecule has 0 saturated heterocycles. The molecule has 0 radical (unpaired) electrons. The van der Waals surface area contributed by atoms with Gasteiger partial charge in [0.05, 0.1) is 6.61 Å². The Morgan fingerprint density at radius 1 is 1.29 bits per heavy atom. The van der Waals surface area contributed by atoms with Crippen molar-refractivity contribution >= 4 is 17.6 Å². The van der Waals surface area contributed by atoms with Crippen LogP contribution in [0.15, 0.2) is 6.07 Å². The molecule has 0 aliphatic rings. The number of carbonyl (C=O) groups is 1. The molecule has 0 amide bonds. The van der Waals surface area contributed by atoms with Crippen molar-refractivity contribution in [2.45, 2.75) is 53.0 Å². The Kier molecular flexibility index (Phi) is 5.93. The quantitative estimate of drug-likeness (QED) is 0.785. The molecule has 1 heterocycles. The van der Waals surface area contributed by atoms with Gasteiger partial charge in [0.1, 0.15) is 23.5 Å². The molecule has 6 heteroatoms. The van der Waals surface area contributed by atoms with E-state index >= 15 is 0 Å². The highest BCUT2D eigenvalue weighted by molar-refractivity contribution is 5.78. The smallest absolute Gasteiger partial charge is 0.328 e. The van der Waals surface area contributed by atoms with Crippen molar-refractivity contribution in [3.8, 4) is 0 Å². The first-order chi connectivity index (χ1) is 9.77. The Labute approximate surface area is 126 Å². The molecule has 0 saturated carbocycles. The van der Waals surface area contributed by atoms with Crippen LogP contribution in [0, 0.1) is 0 Å². The standard InChI is InChI=1S/C15H26N4O2/c1-7-16-11-9-12(17-10(3)13(20)21-8-2)19-14(18-11)15(4,5)6/h9-10H,7-8H2,1-6H3,(H2,16,17,18,19). The van der Waals surface area contributed by atoms with E-state index in [1.54, 1.807) is 19.9 Å². The minimum atomic E-state index is -0.456. The molecule has 0 aliphatic heterocycles. The van der Waals surface area contributed by atoms with E-state index in [0.29, 0.717) is 12.4 Å². The van der Waals surface area contributed by atoms with E-state index < -0.39 is 6.04 Å². The normalized spacial score (nSPS) is 12.7. The highest BCUT2D eigenvalue weighted by Gasteiger charge is 2.21. The van der Waals surface area contributed by atoms with Gasteiger partial charge in [0.15, 0.2) is 0 Å². The van der Waals surface area contributed by atoms with Crippen molar-refractivity contribution in [1.82, 2.24) is 9.97 Å². The summed E-state index contributed by atoms with van der Waals surface area (Å²) in [7, 11) is 0. The summed E-state index contributed by atoms with van der Waals surface area (Å²) < 4.78 is 4.99. The van der Waals surface area contributed by atoms with Gasteiger partial charge in [0, 0.05) is 18.0 Å². The van der Waals surface area contributed by atoms with Crippen LogP contribution in [0.2, 0.25) is 0 Å². The fourth-order valence-electron chi connectivity index (χ4n) is 1.68. The summed E-state index contributed by atoms with van der Waals surface area (Å²) in [6.07, 6.45) is 0. The Morgan fingerprint density at radius 3 is 2.43 bits per heavy atom. The fraction of sp³-hybridized carbons (Fsp3) is 0.667. The second-order valence-corrected chi connectivity index (χ2v) is 5.86. The van der Waals surface area contributed by atoms with E-state index in [2.05, 4.69) is 41.4 Å². The molecule has 0 fully saturated rings. The maximum absolute atomic E-state index is 11.7. The van der Waals surface area contributed by atoms with E-state index in [-0.39, 0.29) is 11.4 Å². The van der Waals surface area contributed by atoms with Crippen LogP contribution >= 0.6 is 0 Å². The van der Waals surface area contributed by atoms with Gasteiger partial charge in [-0.25, -0.2) is 14.8 Å². The van der Waals surface area contributed by atoms with Gasteiger partial charge in [-0.15, -0.1) is 0 Å². The zero-order chi connectivity index (χ0) is 16.0. The molecule has 0 aliphatic carbocycles. The third-order valence-corrected chi connectivity index (χ3v) is 2.76. The zero-order valence-electron chi connectivity index (χ0n) is 13.8. The summed E-state index contributed by atoms with van der Waals surface area (Å²) in [4.78, 5) is 20.7. The Bertz CT molecular complexity index is 483. The van der Waals surface area contributed by atoms with Crippen LogP contribution in [0.1, 0.15) is 47.4 Å². The lowest BCUT2D eigenvalue weighted by atomic mass is 9.96. The molecular formula is C15H26N4O2. The Balaban J connectivity index is 3.00. The van der Waals surface area contributed by atoms with Crippen molar-refractivity contribution in [1.29, 1.82) is 0 Å². The molecule has 1 unspecified atom stereocenters. The third kappa shape index (κ3) is 5.21. The molecule has 1 atom stereocenters. The van der Waals surface area contributed by atoms with Gasteiger partial charge >= 0.3 is 5.97 Å². The van der Waals surface area contributed by atoms with E-state index in [0.717, 1.165) is 18.2 Å².